The Kier molecular flexibility index (Phi) is 4.45. The monoisotopic (exact) mass is 362 g/mol. The summed E-state index contributed by atoms with van der Waals surface area (Å²) in [7, 11) is -0.395. The number of benzene rings is 1. The van der Waals surface area contributed by atoms with Gasteiger partial charge in [0.1, 0.15) is 0 Å². The lowest BCUT2D eigenvalue weighted by atomic mass is 9.86. The second-order valence-electron chi connectivity index (χ2n) is 7.29. The molecule has 6 heteroatoms. The molecule has 0 amide bonds. The summed E-state index contributed by atoms with van der Waals surface area (Å²) in [5.74, 6) is -0.717. The number of fused-ring (bicyclic) bond motifs is 1. The first-order valence-corrected chi connectivity index (χ1v) is 9.31. The number of ether oxygens (including phenoxy) is 2. The van der Waals surface area contributed by atoms with Gasteiger partial charge in [-0.1, -0.05) is 31.5 Å². The maximum atomic E-state index is 13.6. The van der Waals surface area contributed by atoms with Crippen molar-refractivity contribution >= 4 is 22.6 Å². The van der Waals surface area contributed by atoms with Gasteiger partial charge in [0.05, 0.1) is 30.6 Å². The average Bonchev–Trinajstić information content (AvgIpc) is 3.03. The number of ketones is 1. The lowest BCUT2D eigenvalue weighted by molar-refractivity contribution is -0.134. The minimum atomic E-state index is -1.67. The van der Waals surface area contributed by atoms with Crippen molar-refractivity contribution in [3.8, 4) is 0 Å². The molecule has 1 heterocycles. The Bertz CT molecular complexity index is 778. The van der Waals surface area contributed by atoms with Gasteiger partial charge in [0.2, 0.25) is 0 Å². The summed E-state index contributed by atoms with van der Waals surface area (Å²) in [5.41, 5.74) is 1.03. The maximum Gasteiger partial charge on any atom is 0.330 e. The van der Waals surface area contributed by atoms with Gasteiger partial charge >= 0.3 is 5.97 Å². The van der Waals surface area contributed by atoms with Crippen molar-refractivity contribution in [2.24, 2.45) is 5.41 Å². The molecule has 1 aliphatic heterocycles. The highest BCUT2D eigenvalue weighted by Gasteiger charge is 2.68. The van der Waals surface area contributed by atoms with E-state index in [1.54, 1.807) is 12.1 Å². The molecule has 0 radical (unpaired) electrons. The molecule has 25 heavy (non-hydrogen) atoms. The number of rotatable bonds is 3. The molecule has 1 aliphatic carbocycles. The van der Waals surface area contributed by atoms with Gasteiger partial charge in [-0.05, 0) is 24.6 Å². The Morgan fingerprint density at radius 1 is 1.32 bits per heavy atom. The Morgan fingerprint density at radius 2 is 1.96 bits per heavy atom. The van der Waals surface area contributed by atoms with E-state index >= 15 is 0 Å². The molecule has 0 bridgehead atoms. The van der Waals surface area contributed by atoms with Crippen LogP contribution in [0.5, 0.6) is 0 Å². The highest BCUT2D eigenvalue weighted by Crippen LogP contribution is 2.54. The largest absolute Gasteiger partial charge is 0.466 e. The Labute approximate surface area is 149 Å². The van der Waals surface area contributed by atoms with Crippen LogP contribution in [-0.2, 0) is 29.9 Å². The molecule has 3 atom stereocenters. The second kappa shape index (κ2) is 6.18. The highest BCUT2D eigenvalue weighted by atomic mass is 32.2. The Hall–Kier alpha value is -1.79. The second-order valence-corrected chi connectivity index (χ2v) is 8.94. The lowest BCUT2D eigenvalue weighted by Gasteiger charge is -2.31. The molecule has 5 nitrogen and oxygen atoms in total. The van der Waals surface area contributed by atoms with Crippen LogP contribution in [0.25, 0.3) is 0 Å². The fourth-order valence-electron chi connectivity index (χ4n) is 3.82. The molecular weight excluding hydrogens is 340 g/mol. The van der Waals surface area contributed by atoms with Gasteiger partial charge in [0, 0.05) is 22.8 Å². The van der Waals surface area contributed by atoms with Crippen molar-refractivity contribution in [2.75, 3.05) is 13.7 Å². The van der Waals surface area contributed by atoms with Crippen molar-refractivity contribution in [3.05, 3.63) is 41.5 Å². The van der Waals surface area contributed by atoms with Crippen molar-refractivity contribution in [1.82, 2.24) is 0 Å². The molecule has 1 saturated heterocycles. The maximum absolute atomic E-state index is 13.6. The molecule has 1 aromatic carbocycles. The standard InChI is InChI=1S/C19H22O5S/c1-12-5-7-14(8-6-12)25(22)19-13(9-16(21)23-4)11-24-17(19)18(2,3)10-15(19)20/h5-9,17H,10-11H2,1-4H3/b13-9+/t17-,19-,25?/m1/s1. The summed E-state index contributed by atoms with van der Waals surface area (Å²) in [6.07, 6.45) is 0.990. The number of carbonyl (C=O) groups excluding carboxylic acids is 2. The van der Waals surface area contributed by atoms with Crippen molar-refractivity contribution in [2.45, 2.75) is 42.9 Å². The first-order valence-electron chi connectivity index (χ1n) is 8.16. The summed E-state index contributed by atoms with van der Waals surface area (Å²) in [6.45, 7) is 5.92. The molecule has 2 fully saturated rings. The normalized spacial score (nSPS) is 30.3. The third-order valence-electron chi connectivity index (χ3n) is 5.01. The molecule has 1 unspecified atom stereocenters. The topological polar surface area (TPSA) is 69.7 Å². The predicted octanol–water partition coefficient (Wildman–Crippen LogP) is 2.34. The van der Waals surface area contributed by atoms with Gasteiger partial charge in [-0.2, -0.15) is 0 Å². The number of hydrogen-bond acceptors (Lipinski definition) is 5. The summed E-state index contributed by atoms with van der Waals surface area (Å²) in [4.78, 5) is 25.5. The van der Waals surface area contributed by atoms with Crippen LogP contribution in [0, 0.1) is 12.3 Å². The van der Waals surface area contributed by atoms with Crippen LogP contribution in [0.15, 0.2) is 40.8 Å². The minimum Gasteiger partial charge on any atom is -0.466 e. The van der Waals surface area contributed by atoms with Crippen LogP contribution in [0.4, 0.5) is 0 Å². The van der Waals surface area contributed by atoms with Gasteiger partial charge < -0.3 is 9.47 Å². The molecular formula is C19H22O5S. The van der Waals surface area contributed by atoms with Crippen LogP contribution in [-0.4, -0.2) is 40.5 Å². The van der Waals surface area contributed by atoms with Crippen molar-refractivity contribution in [3.63, 3.8) is 0 Å². The molecule has 0 aromatic heterocycles. The SMILES string of the molecule is COC(=O)/C=C1\CO[C@@H]2C(C)(C)CC(=O)[C@]12S(=O)c1ccc(C)cc1. The van der Waals surface area contributed by atoms with Gasteiger partial charge in [-0.25, -0.2) is 4.79 Å². The summed E-state index contributed by atoms with van der Waals surface area (Å²) in [6, 6.07) is 7.26. The Morgan fingerprint density at radius 3 is 2.56 bits per heavy atom. The van der Waals surface area contributed by atoms with Gasteiger partial charge in [0.15, 0.2) is 10.5 Å². The summed E-state index contributed by atoms with van der Waals surface area (Å²) in [5, 5.41) is 0. The van der Waals surface area contributed by atoms with E-state index in [-0.39, 0.29) is 18.8 Å². The number of hydrogen-bond donors (Lipinski definition) is 0. The zero-order chi connectivity index (χ0) is 18.4. The van der Waals surface area contributed by atoms with Crippen LogP contribution in [0.3, 0.4) is 0 Å². The van der Waals surface area contributed by atoms with Crippen LogP contribution in [0.1, 0.15) is 25.8 Å². The minimum absolute atomic E-state index is 0.104. The fraction of sp³-hybridized carbons (Fsp3) is 0.474. The first-order chi connectivity index (χ1) is 11.7. The summed E-state index contributed by atoms with van der Waals surface area (Å²) < 4.78 is 22.8. The highest BCUT2D eigenvalue weighted by molar-refractivity contribution is 7.87. The van der Waals surface area contributed by atoms with Crippen LogP contribution in [0.2, 0.25) is 0 Å². The van der Waals surface area contributed by atoms with E-state index in [1.807, 2.05) is 32.9 Å². The number of esters is 1. The van der Waals surface area contributed by atoms with Gasteiger partial charge in [0.25, 0.3) is 0 Å². The molecule has 1 saturated carbocycles. The average molecular weight is 362 g/mol. The molecule has 0 N–H and O–H groups in total. The van der Waals surface area contributed by atoms with E-state index in [9.17, 15) is 13.8 Å². The lowest BCUT2D eigenvalue weighted by Crippen LogP contribution is -2.48. The van der Waals surface area contributed by atoms with E-state index in [1.165, 1.54) is 13.2 Å². The first kappa shape index (κ1) is 18.0. The molecule has 134 valence electrons. The number of carbonyl (C=O) groups is 2. The van der Waals surface area contributed by atoms with Crippen LogP contribution < -0.4 is 0 Å². The number of Topliss-reactive ketones (excluding diaryl/α,β-unsaturated/α-hetero) is 1. The quantitative estimate of drug-likeness (QED) is 0.610. The van der Waals surface area contributed by atoms with E-state index in [2.05, 4.69) is 0 Å². The smallest absolute Gasteiger partial charge is 0.330 e. The van der Waals surface area contributed by atoms with E-state index < -0.39 is 33.0 Å². The number of aryl methyl sites for hydroxylation is 1. The van der Waals surface area contributed by atoms with Crippen molar-refractivity contribution < 1.29 is 23.3 Å². The molecule has 1 aromatic rings. The van der Waals surface area contributed by atoms with Crippen LogP contribution >= 0.6 is 0 Å². The predicted molar refractivity (Wildman–Crippen MR) is 93.6 cm³/mol. The molecule has 2 aliphatic rings. The van der Waals surface area contributed by atoms with Gasteiger partial charge in [-0.15, -0.1) is 0 Å². The number of methoxy groups -OCH3 is 1. The Balaban J connectivity index is 2.18. The van der Waals surface area contributed by atoms with Gasteiger partial charge in [-0.3, -0.25) is 9.00 Å². The third-order valence-corrected chi connectivity index (χ3v) is 7.00. The summed E-state index contributed by atoms with van der Waals surface area (Å²) >= 11 is 0. The van der Waals surface area contributed by atoms with E-state index in [0.29, 0.717) is 10.5 Å². The molecule has 3 rings (SSSR count). The van der Waals surface area contributed by atoms with E-state index in [0.717, 1.165) is 5.56 Å². The zero-order valence-electron chi connectivity index (χ0n) is 14.8. The molecule has 0 spiro atoms. The third kappa shape index (κ3) is 2.68. The van der Waals surface area contributed by atoms with Crippen molar-refractivity contribution in [1.29, 1.82) is 0 Å². The fourth-order valence-corrected chi connectivity index (χ4v) is 5.79. The zero-order valence-corrected chi connectivity index (χ0v) is 15.6. The van der Waals surface area contributed by atoms with E-state index in [4.69, 9.17) is 9.47 Å².